The molecule has 0 bridgehead atoms. The van der Waals surface area contributed by atoms with Crippen LogP contribution in [0, 0.1) is 5.41 Å². The average Bonchev–Trinajstić information content (AvgIpc) is 2.49. The van der Waals surface area contributed by atoms with E-state index >= 15 is 0 Å². The number of piperidine rings is 1. The minimum atomic E-state index is 0.436. The standard InChI is InChI=1S/C17H23ClN2S/c18-13-4-5-15(14(12-13)16(19)21)20-10-8-17(9-11-20)6-2-1-3-7-17/h4-5,12H,1-3,6-11H2,(H2,19,21). The average molecular weight is 323 g/mol. The molecule has 1 heterocycles. The van der Waals surface area contributed by atoms with E-state index in [1.807, 2.05) is 12.1 Å². The molecule has 1 saturated heterocycles. The minimum absolute atomic E-state index is 0.436. The highest BCUT2D eigenvalue weighted by atomic mass is 35.5. The summed E-state index contributed by atoms with van der Waals surface area (Å²) in [6, 6.07) is 5.89. The molecule has 3 rings (SSSR count). The van der Waals surface area contributed by atoms with Gasteiger partial charge >= 0.3 is 0 Å². The van der Waals surface area contributed by atoms with Crippen LogP contribution in [0.5, 0.6) is 0 Å². The van der Waals surface area contributed by atoms with E-state index in [-0.39, 0.29) is 0 Å². The molecular weight excluding hydrogens is 300 g/mol. The van der Waals surface area contributed by atoms with Crippen molar-refractivity contribution in [3.05, 3.63) is 28.8 Å². The Kier molecular flexibility index (Phi) is 4.41. The van der Waals surface area contributed by atoms with Gasteiger partial charge in [0.2, 0.25) is 0 Å². The van der Waals surface area contributed by atoms with Crippen molar-refractivity contribution in [3.63, 3.8) is 0 Å². The Bertz CT molecular complexity index is 528. The summed E-state index contributed by atoms with van der Waals surface area (Å²) in [5, 5.41) is 0.697. The van der Waals surface area contributed by atoms with E-state index in [2.05, 4.69) is 11.0 Å². The van der Waals surface area contributed by atoms with Crippen LogP contribution < -0.4 is 10.6 Å². The molecule has 2 N–H and O–H groups in total. The Labute approximate surface area is 137 Å². The van der Waals surface area contributed by atoms with Crippen LogP contribution in [0.2, 0.25) is 5.02 Å². The fourth-order valence-electron chi connectivity index (χ4n) is 4.01. The Morgan fingerprint density at radius 3 is 2.38 bits per heavy atom. The highest BCUT2D eigenvalue weighted by Crippen LogP contribution is 2.45. The number of hydrogen-bond acceptors (Lipinski definition) is 2. The minimum Gasteiger partial charge on any atom is -0.389 e. The van der Waals surface area contributed by atoms with Gasteiger partial charge in [0.15, 0.2) is 0 Å². The van der Waals surface area contributed by atoms with E-state index in [1.165, 1.54) is 44.9 Å². The van der Waals surface area contributed by atoms with Crippen LogP contribution in [0.15, 0.2) is 18.2 Å². The SMILES string of the molecule is NC(=S)c1cc(Cl)ccc1N1CCC2(CCCCC2)CC1. The van der Waals surface area contributed by atoms with E-state index in [4.69, 9.17) is 29.6 Å². The van der Waals surface area contributed by atoms with E-state index in [0.717, 1.165) is 24.3 Å². The fourth-order valence-corrected chi connectivity index (χ4v) is 4.34. The third-order valence-corrected chi connectivity index (χ3v) is 5.76. The second kappa shape index (κ2) is 6.13. The van der Waals surface area contributed by atoms with Crippen molar-refractivity contribution in [2.75, 3.05) is 18.0 Å². The predicted octanol–water partition coefficient (Wildman–Crippen LogP) is 4.52. The van der Waals surface area contributed by atoms with Crippen molar-refractivity contribution >= 4 is 34.5 Å². The zero-order valence-corrected chi connectivity index (χ0v) is 14.0. The molecule has 1 saturated carbocycles. The summed E-state index contributed by atoms with van der Waals surface area (Å²) < 4.78 is 0. The number of rotatable bonds is 2. The highest BCUT2D eigenvalue weighted by molar-refractivity contribution is 7.80. The van der Waals surface area contributed by atoms with Gasteiger partial charge in [-0.3, -0.25) is 0 Å². The number of benzene rings is 1. The fraction of sp³-hybridized carbons (Fsp3) is 0.588. The first kappa shape index (κ1) is 15.1. The molecule has 1 aromatic rings. The Hall–Kier alpha value is -0.800. The van der Waals surface area contributed by atoms with Crippen LogP contribution >= 0.6 is 23.8 Å². The van der Waals surface area contributed by atoms with E-state index in [0.29, 0.717) is 15.4 Å². The second-order valence-corrected chi connectivity index (χ2v) is 7.45. The topological polar surface area (TPSA) is 29.3 Å². The first-order valence-corrected chi connectivity index (χ1v) is 8.73. The molecule has 0 amide bonds. The predicted molar refractivity (Wildman–Crippen MR) is 94.3 cm³/mol. The molecule has 2 fully saturated rings. The number of thiocarbonyl (C=S) groups is 1. The van der Waals surface area contributed by atoms with Crippen molar-refractivity contribution < 1.29 is 0 Å². The lowest BCUT2D eigenvalue weighted by molar-refractivity contribution is 0.144. The first-order valence-electron chi connectivity index (χ1n) is 7.94. The maximum atomic E-state index is 6.08. The number of halogens is 1. The first-order chi connectivity index (χ1) is 10.1. The largest absolute Gasteiger partial charge is 0.389 e. The van der Waals surface area contributed by atoms with Gasteiger partial charge in [-0.1, -0.05) is 43.1 Å². The molecule has 2 aliphatic rings. The summed E-state index contributed by atoms with van der Waals surface area (Å²) in [5.41, 5.74) is 8.55. The second-order valence-electron chi connectivity index (χ2n) is 6.57. The molecule has 1 spiro atoms. The summed E-state index contributed by atoms with van der Waals surface area (Å²) in [6.07, 6.45) is 9.69. The summed E-state index contributed by atoms with van der Waals surface area (Å²) >= 11 is 11.3. The Morgan fingerprint density at radius 1 is 1.10 bits per heavy atom. The van der Waals surface area contributed by atoms with Crippen LogP contribution in [0.3, 0.4) is 0 Å². The van der Waals surface area contributed by atoms with E-state index in [9.17, 15) is 0 Å². The third-order valence-electron chi connectivity index (χ3n) is 5.30. The molecule has 4 heteroatoms. The Balaban J connectivity index is 1.76. The van der Waals surface area contributed by atoms with Crippen LogP contribution in [0.25, 0.3) is 0 Å². The van der Waals surface area contributed by atoms with Crippen LogP contribution in [-0.2, 0) is 0 Å². The number of nitrogens with zero attached hydrogens (tertiary/aromatic N) is 1. The van der Waals surface area contributed by atoms with Gasteiger partial charge in [0.25, 0.3) is 0 Å². The molecule has 1 aliphatic carbocycles. The van der Waals surface area contributed by atoms with Gasteiger partial charge in [0.1, 0.15) is 4.99 Å². The van der Waals surface area contributed by atoms with Crippen molar-refractivity contribution in [3.8, 4) is 0 Å². The zero-order chi connectivity index (χ0) is 14.9. The van der Waals surface area contributed by atoms with E-state index in [1.54, 1.807) is 0 Å². The van der Waals surface area contributed by atoms with Gasteiger partial charge < -0.3 is 10.6 Å². The summed E-state index contributed by atoms with van der Waals surface area (Å²) in [6.45, 7) is 2.22. The third kappa shape index (κ3) is 3.19. The number of hydrogen-bond donors (Lipinski definition) is 1. The Morgan fingerprint density at radius 2 is 1.76 bits per heavy atom. The normalized spacial score (nSPS) is 21.5. The van der Waals surface area contributed by atoms with Crippen LogP contribution in [-0.4, -0.2) is 18.1 Å². The lowest BCUT2D eigenvalue weighted by Crippen LogP contribution is -2.41. The van der Waals surface area contributed by atoms with Gasteiger partial charge in [-0.25, -0.2) is 0 Å². The smallest absolute Gasteiger partial charge is 0.106 e. The molecule has 21 heavy (non-hydrogen) atoms. The van der Waals surface area contributed by atoms with E-state index < -0.39 is 0 Å². The molecule has 0 unspecified atom stereocenters. The van der Waals surface area contributed by atoms with Gasteiger partial charge in [-0.15, -0.1) is 0 Å². The quantitative estimate of drug-likeness (QED) is 0.811. The summed E-state index contributed by atoms with van der Waals surface area (Å²) in [5.74, 6) is 0. The van der Waals surface area contributed by atoms with Crippen molar-refractivity contribution in [1.29, 1.82) is 0 Å². The van der Waals surface area contributed by atoms with Gasteiger partial charge in [0.05, 0.1) is 0 Å². The lowest BCUT2D eigenvalue weighted by atomic mass is 9.68. The molecule has 0 aromatic heterocycles. The molecule has 0 radical (unpaired) electrons. The summed E-state index contributed by atoms with van der Waals surface area (Å²) in [4.78, 5) is 2.87. The van der Waals surface area contributed by atoms with Gasteiger partial charge in [0, 0.05) is 29.4 Å². The molecule has 1 aromatic carbocycles. The molecule has 1 aliphatic heterocycles. The summed E-state index contributed by atoms with van der Waals surface area (Å²) in [7, 11) is 0. The molecule has 114 valence electrons. The van der Waals surface area contributed by atoms with Crippen LogP contribution in [0.1, 0.15) is 50.5 Å². The van der Waals surface area contributed by atoms with Crippen molar-refractivity contribution in [1.82, 2.24) is 0 Å². The lowest BCUT2D eigenvalue weighted by Gasteiger charge is -2.45. The van der Waals surface area contributed by atoms with Crippen molar-refractivity contribution in [2.45, 2.75) is 44.9 Å². The number of anilines is 1. The highest BCUT2D eigenvalue weighted by Gasteiger charge is 2.35. The van der Waals surface area contributed by atoms with Crippen LogP contribution in [0.4, 0.5) is 5.69 Å². The van der Waals surface area contributed by atoms with Gasteiger partial charge in [-0.05, 0) is 49.3 Å². The number of nitrogens with two attached hydrogens (primary N) is 1. The van der Waals surface area contributed by atoms with Gasteiger partial charge in [-0.2, -0.15) is 0 Å². The maximum absolute atomic E-state index is 6.08. The molecular formula is C17H23ClN2S. The molecule has 0 atom stereocenters. The monoisotopic (exact) mass is 322 g/mol. The zero-order valence-electron chi connectivity index (χ0n) is 12.4. The maximum Gasteiger partial charge on any atom is 0.106 e. The molecule has 2 nitrogen and oxygen atoms in total. The van der Waals surface area contributed by atoms with Crippen molar-refractivity contribution in [2.24, 2.45) is 11.1 Å².